The molecule has 0 saturated carbocycles. The predicted molar refractivity (Wildman–Crippen MR) is 144 cm³/mol. The van der Waals surface area contributed by atoms with Crippen LogP contribution in [0.5, 0.6) is 11.5 Å². The van der Waals surface area contributed by atoms with Crippen molar-refractivity contribution in [1.82, 2.24) is 5.32 Å². The standard InChI is InChI=1S/C26H21ClN2O4S2/c1-32-22-13-18(7-12-21(22)33-16-24(30)28-15-17-5-3-2-4-6-17)14-23-25(31)29(26(34)35-23)20-10-8-19(27)9-11-20/h2-14H,15-16H2,1H3,(H,28,30)/b23-14-. The van der Waals surface area contributed by atoms with Crippen molar-refractivity contribution in [3.05, 3.63) is 93.9 Å². The lowest BCUT2D eigenvalue weighted by molar-refractivity contribution is -0.123. The number of anilines is 1. The number of thiocarbonyl (C=S) groups is 1. The first kappa shape index (κ1) is 24.8. The van der Waals surface area contributed by atoms with Gasteiger partial charge in [-0.1, -0.05) is 72.0 Å². The van der Waals surface area contributed by atoms with Gasteiger partial charge < -0.3 is 14.8 Å². The minimum Gasteiger partial charge on any atom is -0.493 e. The summed E-state index contributed by atoms with van der Waals surface area (Å²) in [7, 11) is 1.52. The number of hydrogen-bond donors (Lipinski definition) is 1. The van der Waals surface area contributed by atoms with Crippen molar-refractivity contribution in [3.63, 3.8) is 0 Å². The number of hydrogen-bond acceptors (Lipinski definition) is 6. The monoisotopic (exact) mass is 524 g/mol. The van der Waals surface area contributed by atoms with Gasteiger partial charge >= 0.3 is 0 Å². The van der Waals surface area contributed by atoms with Gasteiger partial charge in [0.1, 0.15) is 0 Å². The Morgan fingerprint density at radius 3 is 2.54 bits per heavy atom. The van der Waals surface area contributed by atoms with Crippen LogP contribution >= 0.6 is 35.6 Å². The Kier molecular flexibility index (Phi) is 8.07. The average molecular weight is 525 g/mol. The molecule has 9 heteroatoms. The van der Waals surface area contributed by atoms with Crippen LogP contribution in [0, 0.1) is 0 Å². The van der Waals surface area contributed by atoms with Crippen LogP contribution in [-0.2, 0) is 16.1 Å². The summed E-state index contributed by atoms with van der Waals surface area (Å²) < 4.78 is 11.5. The Balaban J connectivity index is 1.41. The van der Waals surface area contributed by atoms with E-state index < -0.39 is 0 Å². The summed E-state index contributed by atoms with van der Waals surface area (Å²) in [6.07, 6.45) is 1.74. The van der Waals surface area contributed by atoms with Crippen LogP contribution in [0.2, 0.25) is 5.02 Å². The number of benzene rings is 3. The number of carbonyl (C=O) groups excluding carboxylic acids is 2. The van der Waals surface area contributed by atoms with E-state index >= 15 is 0 Å². The Hall–Kier alpha value is -3.33. The molecule has 0 unspecified atom stereocenters. The molecule has 4 rings (SSSR count). The predicted octanol–water partition coefficient (Wildman–Crippen LogP) is 5.45. The maximum atomic E-state index is 13.0. The average Bonchev–Trinajstić information content (AvgIpc) is 3.15. The second-order valence-electron chi connectivity index (χ2n) is 7.45. The fourth-order valence-corrected chi connectivity index (χ4v) is 4.74. The van der Waals surface area contributed by atoms with Crippen LogP contribution in [-0.4, -0.2) is 29.9 Å². The zero-order valence-corrected chi connectivity index (χ0v) is 21.1. The minimum absolute atomic E-state index is 0.151. The largest absolute Gasteiger partial charge is 0.493 e. The Labute approximate surface area is 217 Å². The highest BCUT2D eigenvalue weighted by Crippen LogP contribution is 2.37. The molecule has 0 atom stereocenters. The molecule has 178 valence electrons. The van der Waals surface area contributed by atoms with Gasteiger partial charge in [0.15, 0.2) is 22.4 Å². The Morgan fingerprint density at radius 2 is 1.83 bits per heavy atom. The van der Waals surface area contributed by atoms with Gasteiger partial charge in [-0.25, -0.2) is 0 Å². The molecule has 1 heterocycles. The number of rotatable bonds is 8. The van der Waals surface area contributed by atoms with Crippen LogP contribution in [0.4, 0.5) is 5.69 Å². The summed E-state index contributed by atoms with van der Waals surface area (Å²) in [5, 5.41) is 3.40. The maximum absolute atomic E-state index is 13.0. The van der Waals surface area contributed by atoms with E-state index in [1.165, 1.54) is 23.8 Å². The summed E-state index contributed by atoms with van der Waals surface area (Å²) in [5.74, 6) is 0.415. The lowest BCUT2D eigenvalue weighted by Gasteiger charge is -2.14. The fraction of sp³-hybridized carbons (Fsp3) is 0.115. The smallest absolute Gasteiger partial charge is 0.270 e. The highest BCUT2D eigenvalue weighted by atomic mass is 35.5. The van der Waals surface area contributed by atoms with Crippen LogP contribution in [0.3, 0.4) is 0 Å². The second kappa shape index (κ2) is 11.4. The summed E-state index contributed by atoms with van der Waals surface area (Å²) >= 11 is 12.6. The van der Waals surface area contributed by atoms with Gasteiger partial charge in [0, 0.05) is 11.6 Å². The molecule has 0 radical (unpaired) electrons. The zero-order valence-electron chi connectivity index (χ0n) is 18.7. The van der Waals surface area contributed by atoms with Gasteiger partial charge in [-0.15, -0.1) is 0 Å². The molecule has 1 aliphatic heterocycles. The van der Waals surface area contributed by atoms with Crippen LogP contribution in [0.1, 0.15) is 11.1 Å². The Bertz CT molecular complexity index is 1280. The number of methoxy groups -OCH3 is 1. The summed E-state index contributed by atoms with van der Waals surface area (Å²) in [6, 6.07) is 21.8. The highest BCUT2D eigenvalue weighted by molar-refractivity contribution is 8.27. The molecule has 1 aliphatic rings. The molecule has 3 aromatic carbocycles. The van der Waals surface area contributed by atoms with Crippen LogP contribution in [0.25, 0.3) is 6.08 Å². The summed E-state index contributed by atoms with van der Waals surface area (Å²) in [5.41, 5.74) is 2.40. The van der Waals surface area contributed by atoms with Gasteiger partial charge in [-0.3, -0.25) is 14.5 Å². The van der Waals surface area contributed by atoms with Gasteiger partial charge in [0.2, 0.25) is 0 Å². The maximum Gasteiger partial charge on any atom is 0.270 e. The fourth-order valence-electron chi connectivity index (χ4n) is 3.32. The van der Waals surface area contributed by atoms with Crippen molar-refractivity contribution >= 4 is 63.5 Å². The van der Waals surface area contributed by atoms with Crippen molar-refractivity contribution in [2.45, 2.75) is 6.54 Å². The molecule has 1 N–H and O–H groups in total. The van der Waals surface area contributed by atoms with Crippen molar-refractivity contribution in [1.29, 1.82) is 0 Å². The highest BCUT2D eigenvalue weighted by Gasteiger charge is 2.33. The quantitative estimate of drug-likeness (QED) is 0.312. The van der Waals surface area contributed by atoms with Crippen molar-refractivity contribution in [3.8, 4) is 11.5 Å². The third-order valence-electron chi connectivity index (χ3n) is 5.06. The number of ether oxygens (including phenoxy) is 2. The first-order valence-corrected chi connectivity index (χ1v) is 12.2. The molecule has 1 saturated heterocycles. The molecule has 0 spiro atoms. The lowest BCUT2D eigenvalue weighted by Crippen LogP contribution is -2.28. The number of amides is 2. The van der Waals surface area contributed by atoms with E-state index in [-0.39, 0.29) is 18.4 Å². The second-order valence-corrected chi connectivity index (χ2v) is 9.57. The van der Waals surface area contributed by atoms with Gasteiger partial charge in [0.05, 0.1) is 17.7 Å². The molecular formula is C26H21ClN2O4S2. The van der Waals surface area contributed by atoms with E-state index in [4.69, 9.17) is 33.3 Å². The topological polar surface area (TPSA) is 67.9 Å². The van der Waals surface area contributed by atoms with Crippen molar-refractivity contribution in [2.75, 3.05) is 18.6 Å². The molecular weight excluding hydrogens is 504 g/mol. The first-order chi connectivity index (χ1) is 16.9. The van der Waals surface area contributed by atoms with Gasteiger partial charge in [0.25, 0.3) is 11.8 Å². The normalized spacial score (nSPS) is 14.3. The van der Waals surface area contributed by atoms with Crippen molar-refractivity contribution in [2.24, 2.45) is 0 Å². The number of nitrogens with one attached hydrogen (secondary N) is 1. The van der Waals surface area contributed by atoms with Crippen LogP contribution in [0.15, 0.2) is 77.7 Å². The third kappa shape index (κ3) is 6.22. The van der Waals surface area contributed by atoms with E-state index in [1.54, 1.807) is 48.5 Å². The van der Waals surface area contributed by atoms with E-state index in [0.717, 1.165) is 11.1 Å². The number of carbonyl (C=O) groups is 2. The van der Waals surface area contributed by atoms with Crippen molar-refractivity contribution < 1.29 is 19.1 Å². The molecule has 35 heavy (non-hydrogen) atoms. The molecule has 1 fully saturated rings. The molecule has 6 nitrogen and oxygen atoms in total. The SMILES string of the molecule is COc1cc(/C=C2\SC(=S)N(c3ccc(Cl)cc3)C2=O)ccc1OCC(=O)NCc1ccccc1. The van der Waals surface area contributed by atoms with E-state index in [9.17, 15) is 9.59 Å². The molecule has 0 bridgehead atoms. The lowest BCUT2D eigenvalue weighted by atomic mass is 10.2. The third-order valence-corrected chi connectivity index (χ3v) is 6.61. The minimum atomic E-state index is -0.245. The van der Waals surface area contributed by atoms with Crippen LogP contribution < -0.4 is 19.7 Å². The Morgan fingerprint density at radius 1 is 1.09 bits per heavy atom. The number of thioether (sulfide) groups is 1. The molecule has 0 aromatic heterocycles. The summed E-state index contributed by atoms with van der Waals surface area (Å²) in [4.78, 5) is 27.1. The zero-order chi connectivity index (χ0) is 24.8. The van der Waals surface area contributed by atoms with E-state index in [0.29, 0.717) is 38.0 Å². The first-order valence-electron chi connectivity index (χ1n) is 10.6. The van der Waals surface area contributed by atoms with E-state index in [2.05, 4.69) is 5.32 Å². The van der Waals surface area contributed by atoms with Gasteiger partial charge in [-0.2, -0.15) is 0 Å². The van der Waals surface area contributed by atoms with Gasteiger partial charge in [-0.05, 0) is 53.6 Å². The number of halogens is 1. The molecule has 0 aliphatic carbocycles. The summed E-state index contributed by atoms with van der Waals surface area (Å²) in [6.45, 7) is 0.273. The number of nitrogens with zero attached hydrogens (tertiary/aromatic N) is 1. The molecule has 2 amide bonds. The van der Waals surface area contributed by atoms with E-state index in [1.807, 2.05) is 30.3 Å². The molecule has 3 aromatic rings.